The van der Waals surface area contributed by atoms with E-state index < -0.39 is 69.6 Å². The van der Waals surface area contributed by atoms with Gasteiger partial charge in [-0.05, 0) is 63.9 Å². The van der Waals surface area contributed by atoms with Gasteiger partial charge >= 0.3 is 0 Å². The van der Waals surface area contributed by atoms with Crippen LogP contribution >= 0.6 is 0 Å². The lowest BCUT2D eigenvalue weighted by atomic mass is 9.57. The minimum absolute atomic E-state index is 0.0325. The van der Waals surface area contributed by atoms with Crippen LogP contribution in [0.3, 0.4) is 0 Å². The number of benzene rings is 2. The summed E-state index contributed by atoms with van der Waals surface area (Å²) in [7, 11) is 3.05. The molecule has 0 heterocycles. The zero-order valence-electron chi connectivity index (χ0n) is 25.0. The van der Waals surface area contributed by atoms with Crippen molar-refractivity contribution >= 4 is 23.2 Å². The first-order valence-electron chi connectivity index (χ1n) is 14.8. The van der Waals surface area contributed by atoms with E-state index in [1.54, 1.807) is 0 Å². The van der Waals surface area contributed by atoms with E-state index in [1.165, 1.54) is 25.1 Å². The molecule has 0 spiro atoms. The van der Waals surface area contributed by atoms with Crippen LogP contribution in [0.1, 0.15) is 42.0 Å². The van der Waals surface area contributed by atoms with Crippen molar-refractivity contribution in [3.05, 3.63) is 81.4 Å². The standard InChI is InChI=1S/C33H38FN3O7/c1-4-11-37(12-10-17-8-6-5-7-9-17)16-19-15-22(38)24-20(26(19)34)13-18-14-21-27(36(2)3)29(40)25(32(35)43)31(42)33(21,44)30(41)23(18)28(24)39/h5-9,15,18,21,27,38-39,42,44H,4,10-14,16H2,1-3H3,(H2,35,43)/t18-,21-,27-,33-/m0/s1. The average molecular weight is 608 g/mol. The van der Waals surface area contributed by atoms with Crippen LogP contribution in [0.25, 0.3) is 5.76 Å². The molecule has 10 nitrogen and oxygen atoms in total. The molecule has 1 fully saturated rings. The second kappa shape index (κ2) is 11.8. The predicted octanol–water partition coefficient (Wildman–Crippen LogP) is 2.56. The number of halogens is 1. The number of ketones is 2. The van der Waals surface area contributed by atoms with Gasteiger partial charge < -0.3 is 26.2 Å². The Morgan fingerprint density at radius 3 is 2.41 bits per heavy atom. The summed E-state index contributed by atoms with van der Waals surface area (Å²) in [5.74, 6) is -8.24. The lowest BCUT2D eigenvalue weighted by Crippen LogP contribution is -2.65. The summed E-state index contributed by atoms with van der Waals surface area (Å²) in [6, 6.07) is 9.96. The molecule has 11 heteroatoms. The SMILES string of the molecule is CCCN(CCc1ccccc1)Cc1cc(O)c2c(c1F)C[C@H]1C[C@H]3[C@H](N(C)C)C(=O)C(C(N)=O)=C(O)[C@@]3(O)C(=O)C1=C2O. The Labute approximate surface area is 254 Å². The van der Waals surface area contributed by atoms with Crippen LogP contribution in [-0.2, 0) is 33.8 Å². The lowest BCUT2D eigenvalue weighted by Gasteiger charge is -2.50. The van der Waals surface area contributed by atoms with E-state index in [2.05, 4.69) is 4.90 Å². The van der Waals surface area contributed by atoms with Crippen molar-refractivity contribution in [2.24, 2.45) is 17.6 Å². The molecule has 2 aromatic rings. The highest BCUT2D eigenvalue weighted by Crippen LogP contribution is 2.53. The fourth-order valence-corrected chi connectivity index (χ4v) is 7.22. The first-order valence-corrected chi connectivity index (χ1v) is 14.8. The Hall–Kier alpha value is -4.06. The molecule has 1 saturated carbocycles. The van der Waals surface area contributed by atoms with Crippen LogP contribution < -0.4 is 5.73 Å². The number of aromatic hydroxyl groups is 1. The number of carbonyl (C=O) groups excluding carboxylic acids is 3. The number of amides is 1. The van der Waals surface area contributed by atoms with E-state index in [0.717, 1.165) is 18.4 Å². The maximum absolute atomic E-state index is 16.2. The number of nitrogens with zero attached hydrogens (tertiary/aromatic N) is 2. The Kier molecular flexibility index (Phi) is 8.41. The van der Waals surface area contributed by atoms with Crippen LogP contribution in [0.2, 0.25) is 0 Å². The molecular weight excluding hydrogens is 569 g/mol. The number of hydrogen-bond acceptors (Lipinski definition) is 9. The first-order chi connectivity index (χ1) is 20.8. The summed E-state index contributed by atoms with van der Waals surface area (Å²) in [5, 5.41) is 45.0. The number of nitrogens with two attached hydrogens (primary N) is 1. The third-order valence-electron chi connectivity index (χ3n) is 9.22. The van der Waals surface area contributed by atoms with Crippen molar-refractivity contribution in [3.8, 4) is 5.75 Å². The Balaban J connectivity index is 1.54. The number of primary amides is 1. The molecule has 0 saturated heterocycles. The van der Waals surface area contributed by atoms with Gasteiger partial charge in [0.25, 0.3) is 5.91 Å². The molecule has 0 aliphatic heterocycles. The maximum Gasteiger partial charge on any atom is 0.255 e. The smallest absolute Gasteiger partial charge is 0.255 e. The quantitative estimate of drug-likeness (QED) is 0.270. The number of rotatable bonds is 9. The summed E-state index contributed by atoms with van der Waals surface area (Å²) in [4.78, 5) is 42.8. The number of carbonyl (C=O) groups is 3. The summed E-state index contributed by atoms with van der Waals surface area (Å²) < 4.78 is 16.2. The number of aliphatic hydroxyl groups is 3. The van der Waals surface area contributed by atoms with Crippen molar-refractivity contribution in [2.75, 3.05) is 27.2 Å². The number of phenols is 1. The van der Waals surface area contributed by atoms with Crippen molar-refractivity contribution in [2.45, 2.75) is 50.8 Å². The molecule has 6 N–H and O–H groups in total. The zero-order valence-corrected chi connectivity index (χ0v) is 25.0. The van der Waals surface area contributed by atoms with Crippen molar-refractivity contribution in [1.82, 2.24) is 9.80 Å². The molecule has 1 amide bonds. The van der Waals surface area contributed by atoms with Gasteiger partial charge in [0.1, 0.15) is 28.7 Å². The Morgan fingerprint density at radius 1 is 1.11 bits per heavy atom. The molecule has 0 unspecified atom stereocenters. The van der Waals surface area contributed by atoms with Crippen LogP contribution in [0.15, 0.2) is 53.3 Å². The van der Waals surface area contributed by atoms with Crippen LogP contribution in [0.5, 0.6) is 5.75 Å². The third kappa shape index (κ3) is 4.98. The van der Waals surface area contributed by atoms with E-state index >= 15 is 4.39 Å². The molecular formula is C33H38FN3O7. The van der Waals surface area contributed by atoms with Gasteiger partial charge in [0.15, 0.2) is 11.4 Å². The molecule has 5 rings (SSSR count). The van der Waals surface area contributed by atoms with Gasteiger partial charge in [0.05, 0.1) is 11.6 Å². The van der Waals surface area contributed by atoms with Gasteiger partial charge in [-0.25, -0.2) is 4.39 Å². The monoisotopic (exact) mass is 607 g/mol. The van der Waals surface area contributed by atoms with E-state index in [0.29, 0.717) is 13.1 Å². The van der Waals surface area contributed by atoms with Gasteiger partial charge in [-0.15, -0.1) is 0 Å². The highest BCUT2D eigenvalue weighted by molar-refractivity contribution is 6.24. The minimum Gasteiger partial charge on any atom is -0.508 e. The van der Waals surface area contributed by atoms with Crippen molar-refractivity contribution in [3.63, 3.8) is 0 Å². The lowest BCUT2D eigenvalue weighted by molar-refractivity contribution is -0.153. The topological polar surface area (TPSA) is 165 Å². The summed E-state index contributed by atoms with van der Waals surface area (Å²) in [5.41, 5.74) is 2.59. The van der Waals surface area contributed by atoms with E-state index in [-0.39, 0.29) is 41.6 Å². The minimum atomic E-state index is -2.74. The first kappa shape index (κ1) is 31.4. The molecule has 0 radical (unpaired) electrons. The Bertz CT molecular complexity index is 1590. The summed E-state index contributed by atoms with van der Waals surface area (Å²) >= 11 is 0. The molecule has 0 bridgehead atoms. The highest BCUT2D eigenvalue weighted by atomic mass is 19.1. The summed E-state index contributed by atoms with van der Waals surface area (Å²) in [6.07, 6.45) is 1.39. The predicted molar refractivity (Wildman–Crippen MR) is 160 cm³/mol. The summed E-state index contributed by atoms with van der Waals surface area (Å²) in [6.45, 7) is 3.59. The molecule has 2 aromatic carbocycles. The normalized spacial score (nSPS) is 24.9. The van der Waals surface area contributed by atoms with Crippen molar-refractivity contribution < 1.29 is 39.2 Å². The highest BCUT2D eigenvalue weighted by Gasteiger charge is 2.64. The second-order valence-electron chi connectivity index (χ2n) is 12.2. The number of Topliss-reactive ketones (excluding diaryl/α,β-unsaturated/α-hetero) is 2. The molecule has 234 valence electrons. The van der Waals surface area contributed by atoms with Crippen LogP contribution in [0, 0.1) is 17.7 Å². The van der Waals surface area contributed by atoms with Crippen LogP contribution in [0.4, 0.5) is 4.39 Å². The van der Waals surface area contributed by atoms with Gasteiger partial charge in [0, 0.05) is 35.7 Å². The maximum atomic E-state index is 16.2. The number of hydrogen-bond donors (Lipinski definition) is 5. The number of likely N-dealkylation sites (N-methyl/N-ethyl adjacent to an activating group) is 1. The number of aliphatic hydroxyl groups excluding tert-OH is 2. The van der Waals surface area contributed by atoms with Gasteiger partial charge in [-0.2, -0.15) is 0 Å². The van der Waals surface area contributed by atoms with Gasteiger partial charge in [0.2, 0.25) is 5.78 Å². The number of phenolic OH excluding ortho intramolecular Hbond substituents is 1. The average Bonchev–Trinajstić information content (AvgIpc) is 2.96. The molecule has 44 heavy (non-hydrogen) atoms. The molecule has 3 aliphatic carbocycles. The number of fused-ring (bicyclic) bond motifs is 3. The third-order valence-corrected chi connectivity index (χ3v) is 9.22. The zero-order chi connectivity index (χ0) is 32.1. The van der Waals surface area contributed by atoms with E-state index in [1.807, 2.05) is 37.3 Å². The molecule has 0 aromatic heterocycles. The molecule has 3 aliphatic rings. The Morgan fingerprint density at radius 2 is 1.80 bits per heavy atom. The van der Waals surface area contributed by atoms with Crippen molar-refractivity contribution in [1.29, 1.82) is 0 Å². The van der Waals surface area contributed by atoms with Gasteiger partial charge in [-0.1, -0.05) is 37.3 Å². The molecule has 4 atom stereocenters. The van der Waals surface area contributed by atoms with Gasteiger partial charge in [-0.3, -0.25) is 24.2 Å². The fraction of sp³-hybridized carbons (Fsp3) is 0.424. The largest absolute Gasteiger partial charge is 0.508 e. The second-order valence-corrected chi connectivity index (χ2v) is 12.2. The van der Waals surface area contributed by atoms with Crippen LogP contribution in [-0.4, -0.2) is 86.5 Å². The van der Waals surface area contributed by atoms with E-state index in [4.69, 9.17) is 5.73 Å². The fourth-order valence-electron chi connectivity index (χ4n) is 7.22. The van der Waals surface area contributed by atoms with E-state index in [9.17, 15) is 34.8 Å².